The summed E-state index contributed by atoms with van der Waals surface area (Å²) in [6.07, 6.45) is 1.40. The highest BCUT2D eigenvalue weighted by Gasteiger charge is 2.36. The van der Waals surface area contributed by atoms with E-state index in [1.807, 2.05) is 6.07 Å². The fourth-order valence-corrected chi connectivity index (χ4v) is 2.95. The molecule has 2 aliphatic rings. The molecule has 1 aromatic rings. The van der Waals surface area contributed by atoms with Gasteiger partial charge in [-0.15, -0.1) is 0 Å². The van der Waals surface area contributed by atoms with Crippen molar-refractivity contribution in [1.82, 2.24) is 4.90 Å². The number of rotatable bonds is 3. The van der Waals surface area contributed by atoms with Crippen LogP contribution in [0.4, 0.5) is 5.69 Å². The minimum atomic E-state index is -0.478. The molecular formula is C15H17N3O3. The second-order valence-electron chi connectivity index (χ2n) is 5.52. The second kappa shape index (κ2) is 5.29. The molecule has 0 saturated carbocycles. The fraction of sp³-hybridized carbons (Fsp3) is 0.400. The van der Waals surface area contributed by atoms with Crippen molar-refractivity contribution in [2.75, 3.05) is 24.7 Å². The number of likely N-dealkylation sites (tertiary alicyclic amines) is 1. The predicted molar refractivity (Wildman–Crippen MR) is 76.6 cm³/mol. The topological polar surface area (TPSA) is 83.7 Å². The highest BCUT2D eigenvalue weighted by Crippen LogP contribution is 2.29. The minimum absolute atomic E-state index is 0.0792. The number of nitrogens with zero attached hydrogens (tertiary/aromatic N) is 2. The summed E-state index contributed by atoms with van der Waals surface area (Å²) in [4.78, 5) is 38.8. The lowest BCUT2D eigenvalue weighted by atomic mass is 9.96. The third-order valence-electron chi connectivity index (χ3n) is 4.21. The lowest BCUT2D eigenvalue weighted by Crippen LogP contribution is -2.46. The first-order valence-electron chi connectivity index (χ1n) is 7.05. The molecular weight excluding hydrogens is 270 g/mol. The van der Waals surface area contributed by atoms with E-state index in [4.69, 9.17) is 5.73 Å². The van der Waals surface area contributed by atoms with E-state index >= 15 is 0 Å². The minimum Gasteiger partial charge on any atom is -0.369 e. The van der Waals surface area contributed by atoms with Crippen molar-refractivity contribution in [3.05, 3.63) is 29.8 Å². The maximum atomic E-state index is 12.1. The highest BCUT2D eigenvalue weighted by molar-refractivity contribution is 6.52. The number of primary amides is 1. The second-order valence-corrected chi connectivity index (χ2v) is 5.52. The molecule has 0 unspecified atom stereocenters. The lowest BCUT2D eigenvalue weighted by molar-refractivity contribution is -0.123. The molecule has 0 aliphatic carbocycles. The van der Waals surface area contributed by atoms with Crippen molar-refractivity contribution in [3.63, 3.8) is 0 Å². The Labute approximate surface area is 122 Å². The van der Waals surface area contributed by atoms with Crippen molar-refractivity contribution in [2.45, 2.75) is 12.8 Å². The normalized spacial score (nSPS) is 19.9. The number of nitrogens with two attached hydrogens (primary N) is 1. The number of piperidine rings is 1. The predicted octanol–water partition coefficient (Wildman–Crippen LogP) is 0.371. The van der Waals surface area contributed by atoms with Gasteiger partial charge in [-0.1, -0.05) is 12.1 Å². The molecule has 3 rings (SSSR count). The molecule has 2 N–H and O–H groups in total. The monoisotopic (exact) mass is 287 g/mol. The zero-order chi connectivity index (χ0) is 15.0. The molecule has 0 aromatic heterocycles. The average molecular weight is 287 g/mol. The number of carbonyl (C=O) groups excluding carboxylic acids is 3. The van der Waals surface area contributed by atoms with Crippen LogP contribution in [0, 0.1) is 5.92 Å². The Morgan fingerprint density at radius 3 is 2.52 bits per heavy atom. The van der Waals surface area contributed by atoms with Crippen LogP contribution in [0.25, 0.3) is 0 Å². The molecule has 0 bridgehead atoms. The Bertz CT molecular complexity index is 606. The Kier molecular flexibility index (Phi) is 3.47. The van der Waals surface area contributed by atoms with Gasteiger partial charge >= 0.3 is 5.91 Å². The zero-order valence-electron chi connectivity index (χ0n) is 11.6. The third kappa shape index (κ3) is 2.42. The van der Waals surface area contributed by atoms with Gasteiger partial charge in [-0.25, -0.2) is 0 Å². The summed E-state index contributed by atoms with van der Waals surface area (Å²) in [5.74, 6) is -1.26. The van der Waals surface area contributed by atoms with Gasteiger partial charge in [-0.2, -0.15) is 0 Å². The zero-order valence-corrected chi connectivity index (χ0v) is 11.6. The number of amides is 2. The largest absolute Gasteiger partial charge is 0.369 e. The van der Waals surface area contributed by atoms with Gasteiger partial charge < -0.3 is 5.73 Å². The van der Waals surface area contributed by atoms with E-state index < -0.39 is 11.7 Å². The van der Waals surface area contributed by atoms with Crippen LogP contribution in [0.2, 0.25) is 0 Å². The van der Waals surface area contributed by atoms with E-state index in [1.54, 1.807) is 18.2 Å². The Morgan fingerprint density at radius 2 is 1.86 bits per heavy atom. The van der Waals surface area contributed by atoms with Gasteiger partial charge in [0.1, 0.15) is 0 Å². The van der Waals surface area contributed by atoms with Gasteiger partial charge in [0.25, 0.3) is 5.78 Å². The molecule has 21 heavy (non-hydrogen) atoms. The Hall–Kier alpha value is -2.21. The van der Waals surface area contributed by atoms with Crippen molar-refractivity contribution in [1.29, 1.82) is 0 Å². The number of anilines is 1. The van der Waals surface area contributed by atoms with Crippen molar-refractivity contribution < 1.29 is 14.4 Å². The number of ketones is 1. The number of hydrogen-bond acceptors (Lipinski definition) is 4. The fourth-order valence-electron chi connectivity index (χ4n) is 2.95. The molecule has 0 radical (unpaired) electrons. The molecule has 110 valence electrons. The summed E-state index contributed by atoms with van der Waals surface area (Å²) in [7, 11) is 0. The van der Waals surface area contributed by atoms with Crippen LogP contribution in [-0.4, -0.2) is 42.3 Å². The quantitative estimate of drug-likeness (QED) is 0.814. The summed E-state index contributed by atoms with van der Waals surface area (Å²) < 4.78 is 0. The van der Waals surface area contributed by atoms with Crippen LogP contribution >= 0.6 is 0 Å². The van der Waals surface area contributed by atoms with Crippen molar-refractivity contribution in [3.8, 4) is 0 Å². The van der Waals surface area contributed by atoms with E-state index in [-0.39, 0.29) is 11.8 Å². The van der Waals surface area contributed by atoms with E-state index in [0.717, 1.165) is 0 Å². The summed E-state index contributed by atoms with van der Waals surface area (Å²) in [5, 5.41) is 0. The first-order chi connectivity index (χ1) is 10.1. The summed E-state index contributed by atoms with van der Waals surface area (Å²) in [6.45, 7) is 1.79. The Morgan fingerprint density at radius 1 is 1.19 bits per heavy atom. The number of carbonyl (C=O) groups is 3. The van der Waals surface area contributed by atoms with Gasteiger partial charge in [-0.05, 0) is 25.0 Å². The van der Waals surface area contributed by atoms with Gasteiger partial charge in [0, 0.05) is 19.0 Å². The molecule has 1 fully saturated rings. The number of benzene rings is 1. The maximum absolute atomic E-state index is 12.1. The number of Topliss-reactive ketones (excluding diaryl/α,β-unsaturated/α-hetero) is 1. The molecule has 1 aromatic carbocycles. The molecule has 6 heteroatoms. The van der Waals surface area contributed by atoms with Crippen LogP contribution in [0.15, 0.2) is 24.3 Å². The summed E-state index contributed by atoms with van der Waals surface area (Å²) >= 11 is 0. The first kappa shape index (κ1) is 13.8. The van der Waals surface area contributed by atoms with Crippen molar-refractivity contribution >= 4 is 23.3 Å². The smallest absolute Gasteiger partial charge is 0.300 e. The molecule has 1 saturated heterocycles. The molecule has 6 nitrogen and oxygen atoms in total. The van der Waals surface area contributed by atoms with E-state index in [9.17, 15) is 14.4 Å². The van der Waals surface area contributed by atoms with Crippen LogP contribution in [0.3, 0.4) is 0 Å². The van der Waals surface area contributed by atoms with E-state index in [2.05, 4.69) is 4.90 Å². The number of fused-ring (bicyclic) bond motifs is 1. The van der Waals surface area contributed by atoms with Crippen LogP contribution < -0.4 is 10.6 Å². The molecule has 2 aliphatic heterocycles. The van der Waals surface area contributed by atoms with E-state index in [0.29, 0.717) is 43.9 Å². The van der Waals surface area contributed by atoms with Gasteiger partial charge in [0.2, 0.25) is 5.91 Å². The van der Waals surface area contributed by atoms with Crippen LogP contribution in [0.5, 0.6) is 0 Å². The Balaban J connectivity index is 1.70. The average Bonchev–Trinajstić information content (AvgIpc) is 2.73. The van der Waals surface area contributed by atoms with E-state index in [1.165, 1.54) is 4.90 Å². The van der Waals surface area contributed by atoms with Gasteiger partial charge in [-0.3, -0.25) is 24.2 Å². The lowest BCUT2D eigenvalue weighted by Gasteiger charge is -2.33. The number of hydrogen-bond donors (Lipinski definition) is 1. The van der Waals surface area contributed by atoms with Gasteiger partial charge in [0.05, 0.1) is 17.9 Å². The summed E-state index contributed by atoms with van der Waals surface area (Å²) in [5.41, 5.74) is 6.45. The first-order valence-corrected chi connectivity index (χ1v) is 7.05. The maximum Gasteiger partial charge on any atom is 0.300 e. The summed E-state index contributed by atoms with van der Waals surface area (Å²) in [6, 6.07) is 7.03. The molecule has 2 amide bonds. The molecule has 0 spiro atoms. The third-order valence-corrected chi connectivity index (χ3v) is 4.21. The number of para-hydroxylation sites is 1. The van der Waals surface area contributed by atoms with Crippen LogP contribution in [-0.2, 0) is 9.59 Å². The standard InChI is InChI=1S/C15H17N3O3/c16-14(20)10-5-7-17(8-6-10)9-18-12-4-2-1-3-11(12)13(19)15(18)21/h1-4,10H,5-9H2,(H2,16,20). The van der Waals surface area contributed by atoms with Crippen molar-refractivity contribution in [2.24, 2.45) is 11.7 Å². The molecule has 0 atom stereocenters. The molecule has 2 heterocycles. The highest BCUT2D eigenvalue weighted by atomic mass is 16.2. The van der Waals surface area contributed by atoms with Gasteiger partial charge in [0.15, 0.2) is 0 Å². The SMILES string of the molecule is NC(=O)C1CCN(CN2C(=O)C(=O)c3ccccc32)CC1. The van der Waals surface area contributed by atoms with Crippen LogP contribution in [0.1, 0.15) is 23.2 Å².